The Bertz CT molecular complexity index is 779. The van der Waals surface area contributed by atoms with E-state index in [-0.39, 0.29) is 18.4 Å². The number of unbranched alkanes of at least 4 members (excludes halogenated alkanes) is 4. The smallest absolute Gasteiger partial charge is 0.242 e. The van der Waals surface area contributed by atoms with E-state index >= 15 is 0 Å². The number of rotatable bonds is 14. The van der Waals surface area contributed by atoms with Crippen LogP contribution in [0.1, 0.15) is 56.9 Å². The van der Waals surface area contributed by atoms with Gasteiger partial charge in [-0.25, -0.2) is 0 Å². The van der Waals surface area contributed by atoms with Crippen LogP contribution in [0, 0.1) is 0 Å². The van der Waals surface area contributed by atoms with Crippen LogP contribution in [0.4, 0.5) is 0 Å². The van der Waals surface area contributed by atoms with Crippen LogP contribution >= 0.6 is 0 Å². The van der Waals surface area contributed by atoms with E-state index in [0.29, 0.717) is 26.1 Å². The summed E-state index contributed by atoms with van der Waals surface area (Å²) in [5.41, 5.74) is 1.02. The Morgan fingerprint density at radius 1 is 1.07 bits per heavy atom. The molecular formula is C24H35N3O3. The zero-order valence-electron chi connectivity index (χ0n) is 18.4. The Kier molecular flexibility index (Phi) is 9.98. The molecule has 0 unspecified atom stereocenters. The highest BCUT2D eigenvalue weighted by molar-refractivity contribution is 5.85. The number of hydrogen-bond donors (Lipinski definition) is 0. The van der Waals surface area contributed by atoms with E-state index in [4.69, 9.17) is 4.42 Å². The molecule has 0 bridgehead atoms. The fourth-order valence-electron chi connectivity index (χ4n) is 3.39. The van der Waals surface area contributed by atoms with Crippen molar-refractivity contribution in [2.45, 2.75) is 58.5 Å². The second kappa shape index (κ2) is 12.7. The van der Waals surface area contributed by atoms with Crippen molar-refractivity contribution >= 4 is 11.8 Å². The van der Waals surface area contributed by atoms with Crippen molar-refractivity contribution in [3.8, 4) is 0 Å². The molecule has 0 aliphatic carbocycles. The molecule has 30 heavy (non-hydrogen) atoms. The summed E-state index contributed by atoms with van der Waals surface area (Å²) in [5, 5.41) is 0. The lowest BCUT2D eigenvalue weighted by atomic mass is 10.1. The summed E-state index contributed by atoms with van der Waals surface area (Å²) in [4.78, 5) is 29.2. The average molecular weight is 414 g/mol. The normalized spacial score (nSPS) is 10.7. The minimum absolute atomic E-state index is 0.0107. The summed E-state index contributed by atoms with van der Waals surface area (Å²) in [7, 11) is 1.96. The first-order valence-electron chi connectivity index (χ1n) is 10.8. The van der Waals surface area contributed by atoms with Crippen LogP contribution in [0.15, 0.2) is 53.8 Å². The Labute approximate surface area is 180 Å². The number of nitrogens with zero attached hydrogens (tertiary/aromatic N) is 3. The Hall–Kier alpha value is -2.76. The fraction of sp³-hybridized carbons (Fsp3) is 0.500. The van der Waals surface area contributed by atoms with Gasteiger partial charge >= 0.3 is 0 Å². The van der Waals surface area contributed by atoms with Gasteiger partial charge in [0.05, 0.1) is 19.4 Å². The minimum Gasteiger partial charge on any atom is -0.467 e. The maximum Gasteiger partial charge on any atom is 0.242 e. The highest BCUT2D eigenvalue weighted by atomic mass is 16.3. The van der Waals surface area contributed by atoms with Crippen LogP contribution in [0.25, 0.3) is 0 Å². The number of amides is 2. The van der Waals surface area contributed by atoms with Crippen LogP contribution in [0.2, 0.25) is 0 Å². The van der Waals surface area contributed by atoms with Gasteiger partial charge in [-0.2, -0.15) is 0 Å². The third-order valence-corrected chi connectivity index (χ3v) is 5.21. The molecule has 2 rings (SSSR count). The van der Waals surface area contributed by atoms with Gasteiger partial charge in [0, 0.05) is 31.9 Å². The lowest BCUT2D eigenvalue weighted by Gasteiger charge is -2.27. The second-order valence-electron chi connectivity index (χ2n) is 7.67. The van der Waals surface area contributed by atoms with Gasteiger partial charge in [-0.05, 0) is 30.7 Å². The lowest BCUT2D eigenvalue weighted by Crippen LogP contribution is -2.42. The molecule has 6 heteroatoms. The first-order chi connectivity index (χ1) is 14.5. The number of aromatic nitrogens is 1. The van der Waals surface area contributed by atoms with Crippen LogP contribution in [0.3, 0.4) is 0 Å². The molecule has 0 saturated carbocycles. The maximum atomic E-state index is 13.2. The van der Waals surface area contributed by atoms with Crippen molar-refractivity contribution in [2.24, 2.45) is 7.05 Å². The van der Waals surface area contributed by atoms with Crippen LogP contribution < -0.4 is 0 Å². The number of furan rings is 1. The van der Waals surface area contributed by atoms with E-state index in [1.54, 1.807) is 22.1 Å². The highest BCUT2D eigenvalue weighted by Crippen LogP contribution is 2.13. The third kappa shape index (κ3) is 7.58. The number of carbonyl (C=O) groups is 2. The molecule has 0 aliphatic rings. The van der Waals surface area contributed by atoms with Crippen LogP contribution in [-0.4, -0.2) is 39.3 Å². The van der Waals surface area contributed by atoms with Gasteiger partial charge in [0.25, 0.3) is 0 Å². The Balaban J connectivity index is 2.01. The van der Waals surface area contributed by atoms with Gasteiger partial charge in [-0.3, -0.25) is 9.59 Å². The highest BCUT2D eigenvalue weighted by Gasteiger charge is 2.22. The first-order valence-corrected chi connectivity index (χ1v) is 10.8. The van der Waals surface area contributed by atoms with E-state index < -0.39 is 0 Å². The molecule has 0 aromatic carbocycles. The maximum absolute atomic E-state index is 13.2. The van der Waals surface area contributed by atoms with Crippen molar-refractivity contribution < 1.29 is 14.0 Å². The molecule has 0 aliphatic heterocycles. The Morgan fingerprint density at radius 3 is 2.50 bits per heavy atom. The molecule has 164 valence electrons. The summed E-state index contributed by atoms with van der Waals surface area (Å²) >= 11 is 0. The molecule has 0 saturated heterocycles. The second-order valence-corrected chi connectivity index (χ2v) is 7.67. The molecule has 0 atom stereocenters. The van der Waals surface area contributed by atoms with E-state index in [1.165, 1.54) is 12.8 Å². The van der Waals surface area contributed by atoms with Crippen molar-refractivity contribution in [3.63, 3.8) is 0 Å². The Morgan fingerprint density at radius 2 is 1.87 bits per heavy atom. The van der Waals surface area contributed by atoms with Gasteiger partial charge in [0.2, 0.25) is 11.8 Å². The SMILES string of the molecule is C=CCN(CC(=O)N(Cc1ccco1)Cc1cccn1C)C(=O)CCCCCCC. The molecule has 2 aromatic rings. The van der Waals surface area contributed by atoms with Crippen molar-refractivity contribution in [1.82, 2.24) is 14.4 Å². The summed E-state index contributed by atoms with van der Waals surface area (Å²) in [5.74, 6) is 0.625. The van der Waals surface area contributed by atoms with E-state index in [2.05, 4.69) is 13.5 Å². The summed E-state index contributed by atoms with van der Waals surface area (Å²) in [6.07, 6.45) is 11.1. The topological polar surface area (TPSA) is 58.7 Å². The average Bonchev–Trinajstić information content (AvgIpc) is 3.38. The van der Waals surface area contributed by atoms with Crippen molar-refractivity contribution in [3.05, 3.63) is 60.8 Å². The molecule has 0 fully saturated rings. The molecule has 0 spiro atoms. The summed E-state index contributed by atoms with van der Waals surface area (Å²) in [6, 6.07) is 7.61. The van der Waals surface area contributed by atoms with Gasteiger partial charge < -0.3 is 18.8 Å². The predicted molar refractivity (Wildman–Crippen MR) is 119 cm³/mol. The quantitative estimate of drug-likeness (QED) is 0.338. The van der Waals surface area contributed by atoms with Gasteiger partial charge in [-0.15, -0.1) is 6.58 Å². The summed E-state index contributed by atoms with van der Waals surface area (Å²) < 4.78 is 7.44. The standard InChI is InChI=1S/C24H35N3O3/c1-4-6-7-8-9-14-23(28)26(15-5-2)20-24(29)27(19-22-13-11-17-30-22)18-21-12-10-16-25(21)3/h5,10-13,16-17H,2,4,6-9,14-15,18-20H2,1,3H3. The zero-order valence-corrected chi connectivity index (χ0v) is 18.4. The zero-order chi connectivity index (χ0) is 21.8. The molecule has 0 N–H and O–H groups in total. The fourth-order valence-corrected chi connectivity index (χ4v) is 3.39. The first kappa shape index (κ1) is 23.5. The van der Waals surface area contributed by atoms with Gasteiger partial charge in [0.15, 0.2) is 0 Å². The van der Waals surface area contributed by atoms with Crippen molar-refractivity contribution in [2.75, 3.05) is 13.1 Å². The summed E-state index contributed by atoms with van der Waals surface area (Å²) in [6.45, 7) is 7.16. The lowest BCUT2D eigenvalue weighted by molar-refractivity contribution is -0.141. The minimum atomic E-state index is -0.103. The van der Waals surface area contributed by atoms with E-state index in [0.717, 1.165) is 30.7 Å². The molecular weight excluding hydrogens is 378 g/mol. The number of hydrogen-bond acceptors (Lipinski definition) is 3. The van der Waals surface area contributed by atoms with Crippen LogP contribution in [0.5, 0.6) is 0 Å². The predicted octanol–water partition coefficient (Wildman–Crippen LogP) is 4.52. The van der Waals surface area contributed by atoms with Gasteiger partial charge in [0.1, 0.15) is 12.3 Å². The van der Waals surface area contributed by atoms with E-state index in [1.807, 2.05) is 42.1 Å². The van der Waals surface area contributed by atoms with E-state index in [9.17, 15) is 9.59 Å². The number of carbonyl (C=O) groups excluding carboxylic acids is 2. The number of aryl methyl sites for hydroxylation is 1. The molecule has 2 heterocycles. The third-order valence-electron chi connectivity index (χ3n) is 5.21. The molecule has 2 aromatic heterocycles. The van der Waals surface area contributed by atoms with Crippen molar-refractivity contribution in [1.29, 1.82) is 0 Å². The van der Waals surface area contributed by atoms with Crippen LogP contribution in [-0.2, 0) is 29.7 Å². The van der Waals surface area contributed by atoms with Gasteiger partial charge in [-0.1, -0.05) is 38.7 Å². The molecule has 2 amide bonds. The monoisotopic (exact) mass is 413 g/mol. The largest absolute Gasteiger partial charge is 0.467 e. The molecule has 0 radical (unpaired) electrons. The molecule has 6 nitrogen and oxygen atoms in total.